The van der Waals surface area contributed by atoms with E-state index in [9.17, 15) is 18.0 Å². The maximum Gasteiger partial charge on any atom is 0.251 e. The van der Waals surface area contributed by atoms with Crippen molar-refractivity contribution in [2.75, 3.05) is 12.3 Å². The minimum atomic E-state index is -3.54. The number of aryl methyl sites for hydroxylation is 1. The second-order valence-corrected chi connectivity index (χ2v) is 9.40. The van der Waals surface area contributed by atoms with Crippen molar-refractivity contribution in [2.45, 2.75) is 33.4 Å². The monoisotopic (exact) mass is 431 g/mol. The molecule has 3 N–H and O–H groups in total. The number of hydrogen-bond donors (Lipinski definition) is 3. The van der Waals surface area contributed by atoms with Crippen molar-refractivity contribution >= 4 is 21.8 Å². The van der Waals surface area contributed by atoms with Crippen molar-refractivity contribution in [1.29, 1.82) is 0 Å². The lowest BCUT2D eigenvalue weighted by Crippen LogP contribution is -2.50. The van der Waals surface area contributed by atoms with E-state index in [1.165, 1.54) is 0 Å². The van der Waals surface area contributed by atoms with E-state index in [4.69, 9.17) is 0 Å². The van der Waals surface area contributed by atoms with Crippen LogP contribution in [0.1, 0.15) is 35.3 Å². The van der Waals surface area contributed by atoms with Crippen LogP contribution >= 0.6 is 0 Å². The molecule has 0 bridgehead atoms. The molecule has 1 atom stereocenters. The smallest absolute Gasteiger partial charge is 0.251 e. The summed E-state index contributed by atoms with van der Waals surface area (Å²) in [6.07, 6.45) is 0. The molecule has 30 heavy (non-hydrogen) atoms. The quantitative estimate of drug-likeness (QED) is 0.535. The van der Waals surface area contributed by atoms with Crippen LogP contribution in [0.3, 0.4) is 0 Å². The number of carbonyl (C=O) groups excluding carboxylic acids is 2. The van der Waals surface area contributed by atoms with Gasteiger partial charge in [0.05, 0.1) is 5.75 Å². The van der Waals surface area contributed by atoms with Gasteiger partial charge in [-0.1, -0.05) is 61.9 Å². The number of amides is 2. The van der Waals surface area contributed by atoms with Gasteiger partial charge in [0.1, 0.15) is 6.04 Å². The Morgan fingerprint density at radius 3 is 2.20 bits per heavy atom. The van der Waals surface area contributed by atoms with Gasteiger partial charge in [-0.15, -0.1) is 0 Å². The zero-order valence-corrected chi connectivity index (χ0v) is 18.3. The van der Waals surface area contributed by atoms with Crippen LogP contribution in [0.25, 0.3) is 0 Å². The van der Waals surface area contributed by atoms with E-state index in [1.54, 1.807) is 12.1 Å². The minimum absolute atomic E-state index is 0.0490. The Morgan fingerprint density at radius 1 is 0.967 bits per heavy atom. The highest BCUT2D eigenvalue weighted by atomic mass is 32.2. The van der Waals surface area contributed by atoms with E-state index < -0.39 is 22.0 Å². The van der Waals surface area contributed by atoms with Crippen molar-refractivity contribution in [1.82, 2.24) is 15.4 Å². The maximum absolute atomic E-state index is 12.5. The highest BCUT2D eigenvalue weighted by molar-refractivity contribution is 7.89. The Labute approximate surface area is 178 Å². The Bertz CT molecular complexity index is 942. The molecule has 0 aromatic heterocycles. The van der Waals surface area contributed by atoms with Gasteiger partial charge in [0, 0.05) is 18.7 Å². The molecule has 0 aliphatic carbocycles. The first kappa shape index (κ1) is 23.6. The first-order valence-corrected chi connectivity index (χ1v) is 11.5. The van der Waals surface area contributed by atoms with Crippen LogP contribution in [-0.2, 0) is 21.4 Å². The van der Waals surface area contributed by atoms with Gasteiger partial charge in [0.15, 0.2) is 0 Å². The third kappa shape index (κ3) is 7.61. The maximum atomic E-state index is 12.5. The van der Waals surface area contributed by atoms with Gasteiger partial charge >= 0.3 is 0 Å². The summed E-state index contributed by atoms with van der Waals surface area (Å²) in [5.41, 5.74) is 2.35. The molecular weight excluding hydrogens is 402 g/mol. The number of rotatable bonds is 10. The van der Waals surface area contributed by atoms with Crippen molar-refractivity contribution in [3.05, 3.63) is 71.3 Å². The normalized spacial score (nSPS) is 12.4. The number of carbonyl (C=O) groups is 2. The van der Waals surface area contributed by atoms with Gasteiger partial charge in [0.2, 0.25) is 15.9 Å². The molecule has 0 aliphatic rings. The predicted octanol–water partition coefficient (Wildman–Crippen LogP) is 1.99. The number of hydrogen-bond acceptors (Lipinski definition) is 4. The number of sulfonamides is 1. The van der Waals surface area contributed by atoms with Crippen LogP contribution < -0.4 is 15.4 Å². The largest absolute Gasteiger partial charge is 0.353 e. The van der Waals surface area contributed by atoms with Gasteiger partial charge in [-0.2, -0.15) is 0 Å². The van der Waals surface area contributed by atoms with E-state index in [0.717, 1.165) is 11.1 Å². The summed E-state index contributed by atoms with van der Waals surface area (Å²) in [4.78, 5) is 25.0. The van der Waals surface area contributed by atoms with Gasteiger partial charge < -0.3 is 10.6 Å². The molecule has 2 amide bonds. The molecule has 0 fully saturated rings. The van der Waals surface area contributed by atoms with E-state index in [2.05, 4.69) is 15.4 Å². The van der Waals surface area contributed by atoms with Crippen molar-refractivity contribution in [2.24, 2.45) is 5.92 Å². The number of benzene rings is 2. The van der Waals surface area contributed by atoms with Crippen molar-refractivity contribution in [3.8, 4) is 0 Å². The zero-order chi connectivity index (χ0) is 22.1. The zero-order valence-electron chi connectivity index (χ0n) is 17.5. The summed E-state index contributed by atoms with van der Waals surface area (Å²) in [5.74, 6) is -1.17. The molecule has 0 radical (unpaired) electrons. The molecule has 0 saturated carbocycles. The molecule has 0 spiro atoms. The molecule has 1 unspecified atom stereocenters. The van der Waals surface area contributed by atoms with E-state index in [1.807, 2.05) is 63.2 Å². The highest BCUT2D eigenvalue weighted by Crippen LogP contribution is 2.07. The third-order valence-corrected chi connectivity index (χ3v) is 5.88. The fourth-order valence-corrected chi connectivity index (χ4v) is 3.65. The summed E-state index contributed by atoms with van der Waals surface area (Å²) >= 11 is 0. The molecule has 0 heterocycles. The van der Waals surface area contributed by atoms with Crippen LogP contribution in [-0.4, -0.2) is 38.6 Å². The molecule has 7 nitrogen and oxygen atoms in total. The van der Waals surface area contributed by atoms with Gasteiger partial charge in [-0.05, 0) is 30.5 Å². The Hall–Kier alpha value is -2.71. The lowest BCUT2D eigenvalue weighted by atomic mass is 10.0. The SMILES string of the molecule is Cc1ccc(C(=O)NC(C(=O)NCCS(=O)(=O)NCc2ccccc2)C(C)C)cc1. The summed E-state index contributed by atoms with van der Waals surface area (Å²) in [5, 5.41) is 5.34. The molecule has 0 aliphatic heterocycles. The van der Waals surface area contributed by atoms with Crippen LogP contribution in [0.4, 0.5) is 0 Å². The second-order valence-electron chi connectivity index (χ2n) is 7.48. The fraction of sp³-hybridized carbons (Fsp3) is 0.364. The van der Waals surface area contributed by atoms with Crippen LogP contribution in [0.15, 0.2) is 54.6 Å². The molecule has 2 aromatic rings. The first-order chi connectivity index (χ1) is 14.2. The fourth-order valence-electron chi connectivity index (χ4n) is 2.74. The van der Waals surface area contributed by atoms with E-state index >= 15 is 0 Å². The van der Waals surface area contributed by atoms with Crippen LogP contribution in [0, 0.1) is 12.8 Å². The molecule has 2 aromatic carbocycles. The molecule has 2 rings (SSSR count). The third-order valence-electron chi connectivity index (χ3n) is 4.56. The Kier molecular flexibility index (Phi) is 8.56. The predicted molar refractivity (Wildman–Crippen MR) is 117 cm³/mol. The lowest BCUT2D eigenvalue weighted by molar-refractivity contribution is -0.123. The van der Waals surface area contributed by atoms with Crippen LogP contribution in [0.2, 0.25) is 0 Å². The highest BCUT2D eigenvalue weighted by Gasteiger charge is 2.25. The number of nitrogens with one attached hydrogen (secondary N) is 3. The average Bonchev–Trinajstić information content (AvgIpc) is 2.71. The van der Waals surface area contributed by atoms with E-state index in [-0.39, 0.29) is 30.7 Å². The summed E-state index contributed by atoms with van der Waals surface area (Å²) in [6, 6.07) is 15.5. The standard InChI is InChI=1S/C22H29N3O4S/c1-16(2)20(25-21(26)19-11-9-17(3)10-12-19)22(27)23-13-14-30(28,29)24-15-18-7-5-4-6-8-18/h4-12,16,20,24H,13-15H2,1-3H3,(H,23,27)(H,25,26). The Balaban J connectivity index is 1.85. The molecular formula is C22H29N3O4S. The first-order valence-electron chi connectivity index (χ1n) is 9.84. The van der Waals surface area contributed by atoms with Crippen molar-refractivity contribution < 1.29 is 18.0 Å². The van der Waals surface area contributed by atoms with Crippen molar-refractivity contribution in [3.63, 3.8) is 0 Å². The second kappa shape index (κ2) is 10.9. The summed E-state index contributed by atoms with van der Waals surface area (Å²) in [7, 11) is -3.54. The topological polar surface area (TPSA) is 104 Å². The lowest BCUT2D eigenvalue weighted by Gasteiger charge is -2.22. The summed E-state index contributed by atoms with van der Waals surface area (Å²) in [6.45, 7) is 5.70. The molecule has 0 saturated heterocycles. The van der Waals surface area contributed by atoms with Gasteiger partial charge in [-0.3, -0.25) is 9.59 Å². The average molecular weight is 432 g/mol. The Morgan fingerprint density at radius 2 is 1.60 bits per heavy atom. The van der Waals surface area contributed by atoms with Gasteiger partial charge in [-0.25, -0.2) is 13.1 Å². The molecule has 162 valence electrons. The minimum Gasteiger partial charge on any atom is -0.353 e. The molecule has 8 heteroatoms. The van der Waals surface area contributed by atoms with Gasteiger partial charge in [0.25, 0.3) is 5.91 Å². The van der Waals surface area contributed by atoms with E-state index in [0.29, 0.717) is 5.56 Å². The summed E-state index contributed by atoms with van der Waals surface area (Å²) < 4.78 is 26.8. The van der Waals surface area contributed by atoms with Crippen LogP contribution in [0.5, 0.6) is 0 Å².